The summed E-state index contributed by atoms with van der Waals surface area (Å²) in [4.78, 5) is 0. The maximum absolute atomic E-state index is 6.18. The van der Waals surface area contributed by atoms with Gasteiger partial charge in [-0.15, -0.1) is 0 Å². The molecule has 0 bridgehead atoms. The SMILES string of the molecule is CCCNC(COCC)C1(OCC)CCCCC1. The normalized spacial score (nSPS) is 20.8. The van der Waals surface area contributed by atoms with Crippen LogP contribution in [0.4, 0.5) is 0 Å². The molecule has 1 aliphatic rings. The van der Waals surface area contributed by atoms with E-state index in [2.05, 4.69) is 26.1 Å². The summed E-state index contributed by atoms with van der Waals surface area (Å²) in [5.74, 6) is 0. The van der Waals surface area contributed by atoms with Gasteiger partial charge >= 0.3 is 0 Å². The van der Waals surface area contributed by atoms with Crippen molar-refractivity contribution in [1.29, 1.82) is 0 Å². The largest absolute Gasteiger partial charge is 0.380 e. The van der Waals surface area contributed by atoms with Gasteiger partial charge in [0.2, 0.25) is 0 Å². The molecule has 0 spiro atoms. The maximum atomic E-state index is 6.18. The van der Waals surface area contributed by atoms with E-state index in [1.165, 1.54) is 32.1 Å². The standard InChI is InChI=1S/C15H31NO2/c1-4-12-16-14(13-17-5-2)15(18-6-3)10-8-7-9-11-15/h14,16H,4-13H2,1-3H3. The minimum absolute atomic E-state index is 0.0113. The number of nitrogens with one attached hydrogen (secondary N) is 1. The molecule has 1 N–H and O–H groups in total. The van der Waals surface area contributed by atoms with Crippen LogP contribution < -0.4 is 5.32 Å². The molecule has 1 unspecified atom stereocenters. The van der Waals surface area contributed by atoms with Crippen LogP contribution in [0.3, 0.4) is 0 Å². The van der Waals surface area contributed by atoms with Crippen LogP contribution in [-0.2, 0) is 9.47 Å². The number of rotatable bonds is 9. The highest BCUT2D eigenvalue weighted by molar-refractivity contribution is 4.95. The Bertz CT molecular complexity index is 189. The summed E-state index contributed by atoms with van der Waals surface area (Å²) in [5.41, 5.74) is 0.0113. The van der Waals surface area contributed by atoms with Gasteiger partial charge in [-0.1, -0.05) is 26.2 Å². The molecule has 108 valence electrons. The van der Waals surface area contributed by atoms with Gasteiger partial charge in [0.05, 0.1) is 18.2 Å². The molecular formula is C15H31NO2. The van der Waals surface area contributed by atoms with Crippen LogP contribution in [0.5, 0.6) is 0 Å². The Hall–Kier alpha value is -0.120. The maximum Gasteiger partial charge on any atom is 0.0857 e. The fourth-order valence-electron chi connectivity index (χ4n) is 2.98. The van der Waals surface area contributed by atoms with Crippen molar-refractivity contribution in [2.45, 2.75) is 70.9 Å². The second-order valence-electron chi connectivity index (χ2n) is 5.22. The first kappa shape index (κ1) is 15.9. The summed E-state index contributed by atoms with van der Waals surface area (Å²) >= 11 is 0. The van der Waals surface area contributed by atoms with Gasteiger partial charge in [0.25, 0.3) is 0 Å². The highest BCUT2D eigenvalue weighted by Crippen LogP contribution is 2.34. The molecule has 0 heterocycles. The molecule has 0 amide bonds. The van der Waals surface area contributed by atoms with E-state index in [9.17, 15) is 0 Å². The highest BCUT2D eigenvalue weighted by Gasteiger charge is 2.40. The van der Waals surface area contributed by atoms with E-state index in [4.69, 9.17) is 9.47 Å². The van der Waals surface area contributed by atoms with Crippen LogP contribution in [0.25, 0.3) is 0 Å². The predicted octanol–water partition coefficient (Wildman–Crippen LogP) is 3.13. The average Bonchev–Trinajstić information content (AvgIpc) is 2.40. The van der Waals surface area contributed by atoms with Crippen molar-refractivity contribution in [3.63, 3.8) is 0 Å². The minimum atomic E-state index is 0.0113. The fourth-order valence-corrected chi connectivity index (χ4v) is 2.98. The smallest absolute Gasteiger partial charge is 0.0857 e. The molecule has 0 aromatic carbocycles. The zero-order chi connectivity index (χ0) is 13.3. The van der Waals surface area contributed by atoms with Gasteiger partial charge in [-0.25, -0.2) is 0 Å². The molecule has 0 aliphatic heterocycles. The Kier molecular flexibility index (Phi) is 7.87. The average molecular weight is 257 g/mol. The van der Waals surface area contributed by atoms with E-state index in [1.807, 2.05) is 0 Å². The zero-order valence-electron chi connectivity index (χ0n) is 12.5. The van der Waals surface area contributed by atoms with Crippen molar-refractivity contribution in [2.75, 3.05) is 26.4 Å². The number of ether oxygens (including phenoxy) is 2. The van der Waals surface area contributed by atoms with Gasteiger partial charge in [0, 0.05) is 13.2 Å². The van der Waals surface area contributed by atoms with Gasteiger partial charge in [0.15, 0.2) is 0 Å². The molecule has 3 nitrogen and oxygen atoms in total. The van der Waals surface area contributed by atoms with Crippen LogP contribution in [0.15, 0.2) is 0 Å². The van der Waals surface area contributed by atoms with Gasteiger partial charge in [-0.3, -0.25) is 0 Å². The summed E-state index contributed by atoms with van der Waals surface area (Å²) in [6, 6.07) is 0.345. The van der Waals surface area contributed by atoms with Gasteiger partial charge in [0.1, 0.15) is 0 Å². The van der Waals surface area contributed by atoms with E-state index in [1.54, 1.807) is 0 Å². The van der Waals surface area contributed by atoms with Crippen LogP contribution >= 0.6 is 0 Å². The Morgan fingerprint density at radius 3 is 2.33 bits per heavy atom. The van der Waals surface area contributed by atoms with Crippen LogP contribution in [0.2, 0.25) is 0 Å². The molecule has 0 radical (unpaired) electrons. The number of hydrogen-bond donors (Lipinski definition) is 1. The quantitative estimate of drug-likeness (QED) is 0.688. The van der Waals surface area contributed by atoms with E-state index in [-0.39, 0.29) is 5.60 Å². The van der Waals surface area contributed by atoms with Crippen molar-refractivity contribution in [3.05, 3.63) is 0 Å². The first-order valence-corrected chi connectivity index (χ1v) is 7.74. The first-order chi connectivity index (χ1) is 8.79. The second kappa shape index (κ2) is 8.89. The molecule has 0 aromatic rings. The Morgan fingerprint density at radius 1 is 1.06 bits per heavy atom. The first-order valence-electron chi connectivity index (χ1n) is 7.74. The monoisotopic (exact) mass is 257 g/mol. The van der Waals surface area contributed by atoms with E-state index >= 15 is 0 Å². The summed E-state index contributed by atoms with van der Waals surface area (Å²) in [6.07, 6.45) is 7.44. The van der Waals surface area contributed by atoms with Gasteiger partial charge in [-0.2, -0.15) is 0 Å². The Labute approximate surface area is 113 Å². The molecule has 1 atom stereocenters. The molecule has 18 heavy (non-hydrogen) atoms. The van der Waals surface area contributed by atoms with Crippen molar-refractivity contribution in [1.82, 2.24) is 5.32 Å². The van der Waals surface area contributed by atoms with Crippen LogP contribution in [0.1, 0.15) is 59.3 Å². The summed E-state index contributed by atoms with van der Waals surface area (Å²) in [5, 5.41) is 3.65. The molecule has 1 fully saturated rings. The lowest BCUT2D eigenvalue weighted by molar-refractivity contribution is -0.105. The van der Waals surface area contributed by atoms with Crippen molar-refractivity contribution >= 4 is 0 Å². The Morgan fingerprint density at radius 2 is 1.78 bits per heavy atom. The summed E-state index contributed by atoms with van der Waals surface area (Å²) < 4.78 is 11.9. The minimum Gasteiger partial charge on any atom is -0.380 e. The van der Waals surface area contributed by atoms with Crippen LogP contribution in [0, 0.1) is 0 Å². The van der Waals surface area contributed by atoms with Crippen molar-refractivity contribution in [3.8, 4) is 0 Å². The lowest BCUT2D eigenvalue weighted by Crippen LogP contribution is -2.56. The third-order valence-electron chi connectivity index (χ3n) is 3.90. The second-order valence-corrected chi connectivity index (χ2v) is 5.22. The molecule has 3 heteroatoms. The molecule has 0 aromatic heterocycles. The van der Waals surface area contributed by atoms with Crippen LogP contribution in [-0.4, -0.2) is 38.0 Å². The van der Waals surface area contributed by atoms with Gasteiger partial charge in [-0.05, 0) is 39.7 Å². The fraction of sp³-hybridized carbons (Fsp3) is 1.00. The van der Waals surface area contributed by atoms with E-state index in [0.717, 1.165) is 32.8 Å². The van der Waals surface area contributed by atoms with Crippen molar-refractivity contribution < 1.29 is 9.47 Å². The number of hydrogen-bond acceptors (Lipinski definition) is 3. The summed E-state index contributed by atoms with van der Waals surface area (Å²) in [7, 11) is 0. The predicted molar refractivity (Wildman–Crippen MR) is 76.0 cm³/mol. The Balaban J connectivity index is 2.67. The third kappa shape index (κ3) is 4.52. The topological polar surface area (TPSA) is 30.5 Å². The zero-order valence-corrected chi connectivity index (χ0v) is 12.5. The van der Waals surface area contributed by atoms with E-state index in [0.29, 0.717) is 6.04 Å². The lowest BCUT2D eigenvalue weighted by Gasteiger charge is -2.43. The third-order valence-corrected chi connectivity index (χ3v) is 3.90. The van der Waals surface area contributed by atoms with Gasteiger partial charge < -0.3 is 14.8 Å². The molecule has 1 rings (SSSR count). The molecule has 1 saturated carbocycles. The lowest BCUT2D eigenvalue weighted by atomic mass is 9.79. The molecule has 1 aliphatic carbocycles. The van der Waals surface area contributed by atoms with Crippen molar-refractivity contribution in [2.24, 2.45) is 0 Å². The van der Waals surface area contributed by atoms with E-state index < -0.39 is 0 Å². The highest BCUT2D eigenvalue weighted by atomic mass is 16.5. The molecule has 0 saturated heterocycles. The summed E-state index contributed by atoms with van der Waals surface area (Å²) in [6.45, 7) is 9.78. The molecular weight excluding hydrogens is 226 g/mol.